The molecule has 2 aromatic heterocycles. The molecule has 3 aromatic rings. The van der Waals surface area contributed by atoms with Gasteiger partial charge in [0.2, 0.25) is 0 Å². The first-order valence-electron chi connectivity index (χ1n) is 11.5. The summed E-state index contributed by atoms with van der Waals surface area (Å²) in [6.07, 6.45) is 7.91. The number of esters is 2. The van der Waals surface area contributed by atoms with Crippen LogP contribution in [0.2, 0.25) is 0 Å². The van der Waals surface area contributed by atoms with Crippen LogP contribution in [0.15, 0.2) is 30.6 Å². The lowest BCUT2D eigenvalue weighted by atomic mass is 9.96. The van der Waals surface area contributed by atoms with E-state index in [1.165, 1.54) is 24.5 Å². The van der Waals surface area contributed by atoms with Crippen molar-refractivity contribution in [3.05, 3.63) is 52.2 Å². The van der Waals surface area contributed by atoms with Gasteiger partial charge < -0.3 is 14.8 Å². The van der Waals surface area contributed by atoms with Gasteiger partial charge in [-0.05, 0) is 57.2 Å². The monoisotopic (exact) mass is 481 g/mol. The molecule has 1 unspecified atom stereocenters. The summed E-state index contributed by atoms with van der Waals surface area (Å²) >= 11 is 1.41. The highest BCUT2D eigenvalue weighted by molar-refractivity contribution is 7.17. The van der Waals surface area contributed by atoms with E-state index in [4.69, 9.17) is 9.47 Å². The number of ether oxygens (including phenoxy) is 2. The average Bonchev–Trinajstić information content (AvgIpc) is 3.14. The van der Waals surface area contributed by atoms with Crippen LogP contribution in [0.4, 0.5) is 5.00 Å². The highest BCUT2D eigenvalue weighted by Gasteiger charge is 2.28. The third kappa shape index (κ3) is 5.09. The number of nitrogens with one attached hydrogen (secondary N) is 1. The zero-order valence-corrected chi connectivity index (χ0v) is 20.1. The average molecular weight is 482 g/mol. The van der Waals surface area contributed by atoms with Crippen LogP contribution in [0.5, 0.6) is 0 Å². The minimum Gasteiger partial charge on any atom is -0.462 e. The predicted molar refractivity (Wildman–Crippen MR) is 129 cm³/mol. The van der Waals surface area contributed by atoms with E-state index >= 15 is 0 Å². The second-order valence-electron chi connectivity index (χ2n) is 8.11. The number of nitrogens with zero attached hydrogens (tertiary/aromatic N) is 2. The molecule has 1 aromatic carbocycles. The number of anilines is 1. The molecule has 2 heterocycles. The largest absolute Gasteiger partial charge is 0.462 e. The summed E-state index contributed by atoms with van der Waals surface area (Å²) in [6.45, 7) is 3.50. The first kappa shape index (κ1) is 23.8. The number of aromatic nitrogens is 2. The Morgan fingerprint density at radius 3 is 2.62 bits per heavy atom. The van der Waals surface area contributed by atoms with Gasteiger partial charge in [-0.25, -0.2) is 9.59 Å². The fraction of sp³-hybridized carbons (Fsp3) is 0.400. The van der Waals surface area contributed by atoms with Crippen molar-refractivity contribution >= 4 is 45.2 Å². The molecule has 4 rings (SSSR count). The Hall–Kier alpha value is -3.33. The van der Waals surface area contributed by atoms with Gasteiger partial charge in [-0.2, -0.15) is 0 Å². The van der Waals surface area contributed by atoms with E-state index in [1.54, 1.807) is 31.3 Å². The Kier molecular flexibility index (Phi) is 7.52. The van der Waals surface area contributed by atoms with Gasteiger partial charge in [0, 0.05) is 17.3 Å². The molecule has 0 radical (unpaired) electrons. The summed E-state index contributed by atoms with van der Waals surface area (Å²) in [7, 11) is 0. The molecule has 0 bridgehead atoms. The summed E-state index contributed by atoms with van der Waals surface area (Å²) in [5.41, 5.74) is 2.60. The van der Waals surface area contributed by atoms with Crippen molar-refractivity contribution in [1.82, 2.24) is 9.97 Å². The lowest BCUT2D eigenvalue weighted by molar-refractivity contribution is -0.123. The van der Waals surface area contributed by atoms with E-state index in [-0.39, 0.29) is 12.2 Å². The maximum Gasteiger partial charge on any atom is 0.341 e. The van der Waals surface area contributed by atoms with Gasteiger partial charge in [0.15, 0.2) is 6.10 Å². The van der Waals surface area contributed by atoms with Gasteiger partial charge in [0.1, 0.15) is 10.5 Å². The Morgan fingerprint density at radius 1 is 1.06 bits per heavy atom. The van der Waals surface area contributed by atoms with Crippen LogP contribution in [0.1, 0.15) is 70.7 Å². The summed E-state index contributed by atoms with van der Waals surface area (Å²) in [6, 6.07) is 5.02. The quantitative estimate of drug-likeness (QED) is 0.508. The number of hydrogen-bond acceptors (Lipinski definition) is 8. The minimum atomic E-state index is -1.08. The molecule has 1 amide bonds. The number of fused-ring (bicyclic) bond motifs is 2. The third-order valence-corrected chi connectivity index (χ3v) is 6.97. The molecule has 1 aliphatic carbocycles. The highest BCUT2D eigenvalue weighted by Crippen LogP contribution is 2.37. The molecular weight excluding hydrogens is 454 g/mol. The molecule has 1 N–H and O–H groups in total. The topological polar surface area (TPSA) is 107 Å². The maximum atomic E-state index is 13.0. The lowest BCUT2D eigenvalue weighted by Gasteiger charge is -2.14. The number of benzene rings is 1. The first-order valence-corrected chi connectivity index (χ1v) is 12.3. The molecule has 1 atom stereocenters. The molecule has 0 aliphatic heterocycles. The van der Waals surface area contributed by atoms with E-state index in [2.05, 4.69) is 15.3 Å². The Bertz CT molecular complexity index is 1220. The van der Waals surface area contributed by atoms with Gasteiger partial charge in [-0.1, -0.05) is 18.9 Å². The van der Waals surface area contributed by atoms with Crippen molar-refractivity contribution in [3.8, 4) is 0 Å². The van der Waals surface area contributed by atoms with Crippen molar-refractivity contribution in [2.24, 2.45) is 0 Å². The number of hydrogen-bond donors (Lipinski definition) is 1. The SMILES string of the molecule is CCOC(=O)c1c(NC(=O)C(C)OC(=O)c2cccc3nccnc23)sc2c1CCCCCC2. The molecule has 8 nitrogen and oxygen atoms in total. The van der Waals surface area contributed by atoms with E-state index in [9.17, 15) is 14.4 Å². The van der Waals surface area contributed by atoms with Gasteiger partial charge in [-0.15, -0.1) is 11.3 Å². The van der Waals surface area contributed by atoms with Crippen molar-refractivity contribution in [3.63, 3.8) is 0 Å². The maximum absolute atomic E-state index is 13.0. The molecular formula is C25H27N3O5S. The van der Waals surface area contributed by atoms with Crippen LogP contribution in [-0.2, 0) is 27.1 Å². The molecule has 9 heteroatoms. The second kappa shape index (κ2) is 10.7. The van der Waals surface area contributed by atoms with Gasteiger partial charge in [0.25, 0.3) is 5.91 Å². The highest BCUT2D eigenvalue weighted by atomic mass is 32.1. The Labute approximate surface area is 201 Å². The summed E-state index contributed by atoms with van der Waals surface area (Å²) in [5.74, 6) is -1.62. The normalized spacial score (nSPS) is 14.4. The fourth-order valence-corrected chi connectivity index (χ4v) is 5.36. The van der Waals surface area contributed by atoms with Crippen molar-refractivity contribution < 1.29 is 23.9 Å². The number of rotatable bonds is 6. The number of carbonyl (C=O) groups excluding carboxylic acids is 3. The summed E-state index contributed by atoms with van der Waals surface area (Å²) in [5, 5.41) is 3.27. The van der Waals surface area contributed by atoms with E-state index in [1.807, 2.05) is 0 Å². The second-order valence-corrected chi connectivity index (χ2v) is 9.21. The lowest BCUT2D eigenvalue weighted by Crippen LogP contribution is -2.30. The number of carbonyl (C=O) groups is 3. The Morgan fingerprint density at radius 2 is 1.82 bits per heavy atom. The number of aryl methyl sites for hydroxylation is 1. The van der Waals surface area contributed by atoms with Crippen molar-refractivity contribution in [1.29, 1.82) is 0 Å². The van der Waals surface area contributed by atoms with E-state index < -0.39 is 23.9 Å². The van der Waals surface area contributed by atoms with Crippen molar-refractivity contribution in [2.75, 3.05) is 11.9 Å². The van der Waals surface area contributed by atoms with Crippen molar-refractivity contribution in [2.45, 2.75) is 58.5 Å². The zero-order chi connectivity index (χ0) is 24.1. The third-order valence-electron chi connectivity index (χ3n) is 5.76. The molecule has 1 aliphatic rings. The minimum absolute atomic E-state index is 0.233. The van der Waals surface area contributed by atoms with Gasteiger partial charge in [-0.3, -0.25) is 14.8 Å². The number of amides is 1. The zero-order valence-electron chi connectivity index (χ0n) is 19.3. The molecule has 0 saturated carbocycles. The van der Waals surface area contributed by atoms with Gasteiger partial charge in [0.05, 0.1) is 23.3 Å². The Balaban J connectivity index is 1.54. The number of thiophene rings is 1. The van der Waals surface area contributed by atoms with Gasteiger partial charge >= 0.3 is 11.9 Å². The predicted octanol–water partition coefficient (Wildman–Crippen LogP) is 4.71. The van der Waals surface area contributed by atoms with E-state index in [0.717, 1.165) is 49.0 Å². The summed E-state index contributed by atoms with van der Waals surface area (Å²) < 4.78 is 10.7. The van der Waals surface area contributed by atoms with Crippen LogP contribution < -0.4 is 5.32 Å². The van der Waals surface area contributed by atoms with Crippen LogP contribution in [0.25, 0.3) is 11.0 Å². The molecule has 0 spiro atoms. The standard InChI is InChI=1S/C25H27N3O5S/c1-3-32-25(31)20-16-9-6-4-5-7-12-19(16)34-23(20)28-22(29)15(2)33-24(30)17-10-8-11-18-21(17)27-14-13-26-18/h8,10-11,13-15H,3-7,9,12H2,1-2H3,(H,28,29). The molecule has 0 saturated heterocycles. The van der Waals surface area contributed by atoms with Crippen LogP contribution in [0, 0.1) is 0 Å². The van der Waals surface area contributed by atoms with E-state index in [0.29, 0.717) is 21.6 Å². The molecule has 34 heavy (non-hydrogen) atoms. The number of para-hydroxylation sites is 1. The van der Waals surface area contributed by atoms with Crippen LogP contribution in [0.3, 0.4) is 0 Å². The summed E-state index contributed by atoms with van der Waals surface area (Å²) in [4.78, 5) is 48.0. The smallest absolute Gasteiger partial charge is 0.341 e. The molecule has 178 valence electrons. The van der Waals surface area contributed by atoms with Crippen LogP contribution in [-0.4, -0.2) is 40.5 Å². The van der Waals surface area contributed by atoms with Crippen LogP contribution >= 0.6 is 11.3 Å². The fourth-order valence-electron chi connectivity index (χ4n) is 4.08. The molecule has 0 fully saturated rings. The first-order chi connectivity index (χ1) is 16.5.